The molecule has 2 aromatic rings. The minimum absolute atomic E-state index is 0.0378. The van der Waals surface area contributed by atoms with Crippen LogP contribution in [0.5, 0.6) is 0 Å². The zero-order valence-electron chi connectivity index (χ0n) is 17.9. The Morgan fingerprint density at radius 3 is 2.34 bits per heavy atom. The average Bonchev–Trinajstić information content (AvgIpc) is 3.16. The van der Waals surface area contributed by atoms with Gasteiger partial charge in [0.05, 0.1) is 28.7 Å². The summed E-state index contributed by atoms with van der Waals surface area (Å²) < 4.78 is 33.6. The summed E-state index contributed by atoms with van der Waals surface area (Å²) in [6.45, 7) is 1.84. The van der Waals surface area contributed by atoms with Crippen molar-refractivity contribution >= 4 is 27.5 Å². The van der Waals surface area contributed by atoms with Crippen LogP contribution < -0.4 is 0 Å². The van der Waals surface area contributed by atoms with Crippen LogP contribution in [-0.2, 0) is 24.3 Å². The number of hydrogen-bond donors (Lipinski definition) is 1. The van der Waals surface area contributed by atoms with Crippen LogP contribution >= 0.6 is 0 Å². The molecule has 7 nitrogen and oxygen atoms in total. The van der Waals surface area contributed by atoms with Gasteiger partial charge in [0, 0.05) is 6.42 Å². The maximum Gasteiger partial charge on any atom is 0.335 e. The molecule has 0 saturated heterocycles. The first kappa shape index (κ1) is 22.2. The number of carbonyl (C=O) groups is 2. The fourth-order valence-corrected chi connectivity index (χ4v) is 6.28. The predicted octanol–water partition coefficient (Wildman–Crippen LogP) is 3.03. The first-order chi connectivity index (χ1) is 15.2. The third-order valence-corrected chi connectivity index (χ3v) is 8.12. The van der Waals surface area contributed by atoms with E-state index in [1.807, 2.05) is 6.92 Å². The van der Waals surface area contributed by atoms with Crippen molar-refractivity contribution in [2.24, 2.45) is 5.41 Å². The van der Waals surface area contributed by atoms with Crippen LogP contribution in [0, 0.1) is 12.3 Å². The van der Waals surface area contributed by atoms with Crippen LogP contribution in [0.1, 0.15) is 36.8 Å². The lowest BCUT2D eigenvalue weighted by Crippen LogP contribution is -2.55. The molecule has 2 aliphatic rings. The molecule has 1 N–H and O–H groups in total. The maximum absolute atomic E-state index is 13.9. The highest BCUT2D eigenvalue weighted by Gasteiger charge is 2.57. The van der Waals surface area contributed by atoms with Gasteiger partial charge in [-0.25, -0.2) is 17.5 Å². The summed E-state index contributed by atoms with van der Waals surface area (Å²) in [5.74, 6) is -0.971. The molecule has 2 atom stereocenters. The van der Waals surface area contributed by atoms with Gasteiger partial charge in [-0.3, -0.25) is 4.79 Å². The van der Waals surface area contributed by atoms with Crippen LogP contribution in [0.25, 0.3) is 5.70 Å². The van der Waals surface area contributed by atoms with Gasteiger partial charge in [-0.2, -0.15) is 0 Å². The van der Waals surface area contributed by atoms with E-state index in [4.69, 9.17) is 4.74 Å². The average molecular weight is 456 g/mol. The van der Waals surface area contributed by atoms with Crippen molar-refractivity contribution in [1.82, 2.24) is 4.31 Å². The Bertz CT molecular complexity index is 1190. The topological polar surface area (TPSA) is 101 Å². The highest BCUT2D eigenvalue weighted by atomic mass is 32.2. The van der Waals surface area contributed by atoms with E-state index in [1.165, 1.54) is 19.2 Å². The lowest BCUT2D eigenvalue weighted by molar-refractivity contribution is -0.141. The molecule has 1 fully saturated rings. The number of aryl methyl sites for hydroxylation is 1. The summed E-state index contributed by atoms with van der Waals surface area (Å²) in [5, 5.41) is 11.5. The lowest BCUT2D eigenvalue weighted by Gasteiger charge is -2.45. The van der Waals surface area contributed by atoms with Crippen LogP contribution in [0.3, 0.4) is 0 Å². The first-order valence-corrected chi connectivity index (χ1v) is 11.9. The lowest BCUT2D eigenvalue weighted by atomic mass is 9.74. The fourth-order valence-electron chi connectivity index (χ4n) is 4.65. The number of carbonyl (C=O) groups excluding carboxylic acids is 2. The second-order valence-corrected chi connectivity index (χ2v) is 10.1. The molecule has 1 aliphatic heterocycles. The van der Waals surface area contributed by atoms with E-state index in [-0.39, 0.29) is 41.2 Å². The van der Waals surface area contributed by atoms with E-state index in [9.17, 15) is 23.1 Å². The highest BCUT2D eigenvalue weighted by molar-refractivity contribution is 7.89. The van der Waals surface area contributed by atoms with Gasteiger partial charge >= 0.3 is 5.97 Å². The molecule has 4 rings (SSSR count). The molecule has 32 heavy (non-hydrogen) atoms. The number of nitrogens with zero attached hydrogens (tertiary/aromatic N) is 1. The number of Topliss-reactive ketones (excluding diaryl/α,β-unsaturated/α-hetero) is 1. The maximum atomic E-state index is 13.9. The quantitative estimate of drug-likeness (QED) is 0.712. The first-order valence-electron chi connectivity index (χ1n) is 10.4. The van der Waals surface area contributed by atoms with Gasteiger partial charge in [0.25, 0.3) is 10.0 Å². The van der Waals surface area contributed by atoms with Crippen molar-refractivity contribution in [2.45, 2.75) is 43.7 Å². The smallest absolute Gasteiger partial charge is 0.335 e. The molecular formula is C24H25NO6S. The number of methoxy groups -OCH3 is 1. The second kappa shape index (κ2) is 8.18. The number of esters is 1. The van der Waals surface area contributed by atoms with E-state index >= 15 is 0 Å². The number of sulfonamides is 1. The summed E-state index contributed by atoms with van der Waals surface area (Å²) in [5.41, 5.74) is 0.0212. The van der Waals surface area contributed by atoms with Gasteiger partial charge in [0.2, 0.25) is 0 Å². The molecule has 1 aliphatic carbocycles. The molecule has 0 amide bonds. The summed E-state index contributed by atoms with van der Waals surface area (Å²) in [7, 11) is -3.11. The van der Waals surface area contributed by atoms with Crippen LogP contribution in [0.4, 0.5) is 0 Å². The Balaban J connectivity index is 2.03. The normalized spacial score (nSPS) is 23.7. The van der Waals surface area contributed by atoms with E-state index in [0.717, 1.165) is 9.87 Å². The van der Waals surface area contributed by atoms with Gasteiger partial charge in [0.15, 0.2) is 6.23 Å². The molecule has 8 heteroatoms. The van der Waals surface area contributed by atoms with E-state index in [0.29, 0.717) is 12.0 Å². The summed E-state index contributed by atoms with van der Waals surface area (Å²) in [6.07, 6.45) is -0.694. The Labute approximate surface area is 187 Å². The van der Waals surface area contributed by atoms with Crippen molar-refractivity contribution in [2.75, 3.05) is 7.11 Å². The van der Waals surface area contributed by atoms with Gasteiger partial charge in [-0.15, -0.1) is 0 Å². The van der Waals surface area contributed by atoms with Gasteiger partial charge in [-0.1, -0.05) is 48.0 Å². The van der Waals surface area contributed by atoms with Crippen molar-refractivity contribution in [3.63, 3.8) is 0 Å². The standard InChI is InChI=1S/C24H25NO6S/c1-16-10-12-18(13-11-16)32(29,30)25-21(17-7-4-3-5-8-17)19(22(27)31-2)15-24(23(25)28)14-6-9-20(24)26/h3-5,7-8,10-13,23,28H,6,9,14-15H2,1-2H3/t23?,24-/m0/s1. The SMILES string of the molecule is COC(=O)C1=C(c2ccccc2)N(S(=O)(=O)c2ccc(C)cc2)C(O)[C@@]2(CCCC2=O)C1. The van der Waals surface area contributed by atoms with E-state index in [2.05, 4.69) is 0 Å². The molecular weight excluding hydrogens is 430 g/mol. The molecule has 1 unspecified atom stereocenters. The highest BCUT2D eigenvalue weighted by Crippen LogP contribution is 2.52. The third kappa shape index (κ3) is 3.43. The molecule has 0 bridgehead atoms. The summed E-state index contributed by atoms with van der Waals surface area (Å²) in [6, 6.07) is 14.7. The van der Waals surface area contributed by atoms with Gasteiger partial charge in [0.1, 0.15) is 5.78 Å². The molecule has 1 saturated carbocycles. The summed E-state index contributed by atoms with van der Waals surface area (Å²) in [4.78, 5) is 25.8. The molecule has 1 heterocycles. The number of aliphatic hydroxyl groups excluding tert-OH is 1. The molecule has 0 radical (unpaired) electrons. The number of benzene rings is 2. The van der Waals surface area contributed by atoms with Gasteiger partial charge in [-0.05, 0) is 43.9 Å². The van der Waals surface area contributed by atoms with Crippen molar-refractivity contribution in [1.29, 1.82) is 0 Å². The Morgan fingerprint density at radius 2 is 1.78 bits per heavy atom. The van der Waals surface area contributed by atoms with Crippen LogP contribution in [0.15, 0.2) is 65.1 Å². The Kier molecular flexibility index (Phi) is 5.68. The van der Waals surface area contributed by atoms with E-state index < -0.39 is 27.6 Å². The molecule has 0 aromatic heterocycles. The fraction of sp³-hybridized carbons (Fsp3) is 0.333. The number of hydrogen-bond acceptors (Lipinski definition) is 6. The van der Waals surface area contributed by atoms with Crippen LogP contribution in [0.2, 0.25) is 0 Å². The minimum atomic E-state index is -4.32. The Hall–Kier alpha value is -2.97. The number of aliphatic hydroxyl groups is 1. The number of rotatable bonds is 4. The molecule has 2 aromatic carbocycles. The molecule has 168 valence electrons. The zero-order chi connectivity index (χ0) is 23.1. The van der Waals surface area contributed by atoms with E-state index in [1.54, 1.807) is 42.5 Å². The number of ketones is 1. The van der Waals surface area contributed by atoms with Crippen molar-refractivity contribution < 1.29 is 27.9 Å². The van der Waals surface area contributed by atoms with Crippen molar-refractivity contribution in [3.05, 3.63) is 71.3 Å². The largest absolute Gasteiger partial charge is 0.466 e. The number of ether oxygens (including phenoxy) is 1. The third-order valence-electron chi connectivity index (χ3n) is 6.35. The molecule has 1 spiro atoms. The summed E-state index contributed by atoms with van der Waals surface area (Å²) >= 11 is 0. The zero-order valence-corrected chi connectivity index (χ0v) is 18.8. The minimum Gasteiger partial charge on any atom is -0.466 e. The monoisotopic (exact) mass is 455 g/mol. The predicted molar refractivity (Wildman–Crippen MR) is 117 cm³/mol. The van der Waals surface area contributed by atoms with Crippen molar-refractivity contribution in [3.8, 4) is 0 Å². The Morgan fingerprint density at radius 1 is 1.12 bits per heavy atom. The van der Waals surface area contributed by atoms with Crippen LogP contribution in [-0.4, -0.2) is 42.9 Å². The van der Waals surface area contributed by atoms with Gasteiger partial charge < -0.3 is 9.84 Å². The second-order valence-electron chi connectivity index (χ2n) is 8.28.